The van der Waals surface area contributed by atoms with E-state index in [1.165, 1.54) is 0 Å². The zero-order valence-corrected chi connectivity index (χ0v) is 23.6. The molecule has 2 amide bonds. The smallest absolute Gasteiger partial charge is 0.225 e. The van der Waals surface area contributed by atoms with Gasteiger partial charge in [-0.15, -0.1) is 10.2 Å². The van der Waals surface area contributed by atoms with Gasteiger partial charge in [0.15, 0.2) is 5.82 Å². The fourth-order valence-corrected chi connectivity index (χ4v) is 6.42. The molecule has 0 atom stereocenters. The van der Waals surface area contributed by atoms with Crippen LogP contribution in [0.2, 0.25) is 0 Å². The van der Waals surface area contributed by atoms with Crippen molar-refractivity contribution in [3.63, 3.8) is 0 Å². The molecule has 40 heavy (non-hydrogen) atoms. The first kappa shape index (κ1) is 27.9. The third kappa shape index (κ3) is 6.08. The van der Waals surface area contributed by atoms with Gasteiger partial charge >= 0.3 is 0 Å². The largest absolute Gasteiger partial charge is 0.390 e. The summed E-state index contributed by atoms with van der Waals surface area (Å²) >= 11 is 0. The number of benzene rings is 2. The second-order valence-corrected chi connectivity index (χ2v) is 12.0. The summed E-state index contributed by atoms with van der Waals surface area (Å²) in [5.74, 6) is 0.732. The van der Waals surface area contributed by atoms with Gasteiger partial charge in [0, 0.05) is 43.1 Å². The van der Waals surface area contributed by atoms with Gasteiger partial charge in [-0.05, 0) is 68.6 Å². The quantitative estimate of drug-likeness (QED) is 0.392. The van der Waals surface area contributed by atoms with E-state index in [1.54, 1.807) is 6.92 Å². The van der Waals surface area contributed by atoms with Crippen LogP contribution in [0.5, 0.6) is 0 Å². The summed E-state index contributed by atoms with van der Waals surface area (Å²) in [7, 11) is 1.86. The Hall–Kier alpha value is -3.62. The molecule has 0 spiro atoms. The lowest BCUT2D eigenvalue weighted by atomic mass is 9.63. The van der Waals surface area contributed by atoms with E-state index in [2.05, 4.69) is 15.5 Å². The number of nitrogens with one attached hydrogen (secondary N) is 1. The maximum atomic E-state index is 12.9. The highest BCUT2D eigenvalue weighted by molar-refractivity contribution is 5.91. The molecule has 1 heterocycles. The molecule has 0 radical (unpaired) electrons. The SMILES string of the molecule is CC(=O)N(C)C1CCC(CC(=O)Nc2cc(-c3ccccc3)c(-c3ccc([C@]4(N)C[C@](C)(O)C4)cc3)nn2)CC1. The zero-order valence-electron chi connectivity index (χ0n) is 23.6. The van der Waals surface area contributed by atoms with E-state index >= 15 is 0 Å². The van der Waals surface area contributed by atoms with E-state index in [1.807, 2.05) is 79.5 Å². The third-order valence-corrected chi connectivity index (χ3v) is 8.61. The number of carbonyl (C=O) groups excluding carboxylic acids is 2. The van der Waals surface area contributed by atoms with Crippen LogP contribution in [0, 0.1) is 5.92 Å². The number of aliphatic hydroxyl groups is 1. The predicted molar refractivity (Wildman–Crippen MR) is 156 cm³/mol. The van der Waals surface area contributed by atoms with Crippen LogP contribution in [-0.2, 0) is 15.1 Å². The van der Waals surface area contributed by atoms with Gasteiger partial charge in [-0.1, -0.05) is 54.6 Å². The van der Waals surface area contributed by atoms with Crippen LogP contribution in [-0.4, -0.2) is 50.7 Å². The summed E-state index contributed by atoms with van der Waals surface area (Å²) in [5.41, 5.74) is 9.75. The summed E-state index contributed by atoms with van der Waals surface area (Å²) in [6, 6.07) is 20.1. The van der Waals surface area contributed by atoms with E-state index in [-0.39, 0.29) is 17.9 Å². The van der Waals surface area contributed by atoms with Crippen molar-refractivity contribution in [1.29, 1.82) is 0 Å². The van der Waals surface area contributed by atoms with Crippen LogP contribution < -0.4 is 11.1 Å². The monoisotopic (exact) mass is 541 g/mol. The Morgan fingerprint density at radius 1 is 1.00 bits per heavy atom. The van der Waals surface area contributed by atoms with Crippen molar-refractivity contribution < 1.29 is 14.7 Å². The lowest BCUT2D eigenvalue weighted by Crippen LogP contribution is -2.58. The number of anilines is 1. The van der Waals surface area contributed by atoms with Gasteiger partial charge in [0.1, 0.15) is 5.69 Å². The van der Waals surface area contributed by atoms with Crippen LogP contribution in [0.3, 0.4) is 0 Å². The van der Waals surface area contributed by atoms with Crippen LogP contribution in [0.25, 0.3) is 22.4 Å². The van der Waals surface area contributed by atoms with Crippen LogP contribution in [0.1, 0.15) is 64.4 Å². The number of hydrogen-bond acceptors (Lipinski definition) is 6. The van der Waals surface area contributed by atoms with Crippen molar-refractivity contribution in [1.82, 2.24) is 15.1 Å². The Labute approximate surface area is 236 Å². The molecular weight excluding hydrogens is 502 g/mol. The minimum Gasteiger partial charge on any atom is -0.390 e. The molecule has 1 aromatic heterocycles. The average Bonchev–Trinajstić information content (AvgIpc) is 2.92. The molecule has 5 rings (SSSR count). The molecule has 8 nitrogen and oxygen atoms in total. The second kappa shape index (κ2) is 11.1. The molecule has 2 aliphatic rings. The van der Waals surface area contributed by atoms with Crippen molar-refractivity contribution in [3.8, 4) is 22.4 Å². The van der Waals surface area contributed by atoms with Gasteiger partial charge in [0.05, 0.1) is 5.60 Å². The number of carbonyl (C=O) groups is 2. The number of rotatable bonds is 7. The highest BCUT2D eigenvalue weighted by Gasteiger charge is 2.49. The molecule has 4 N–H and O–H groups in total. The number of aromatic nitrogens is 2. The predicted octanol–water partition coefficient (Wildman–Crippen LogP) is 4.88. The molecule has 0 saturated heterocycles. The normalized spacial score (nSPS) is 26.0. The van der Waals surface area contributed by atoms with Gasteiger partial charge in [-0.25, -0.2) is 0 Å². The van der Waals surface area contributed by atoms with Gasteiger partial charge in [-0.3, -0.25) is 9.59 Å². The Morgan fingerprint density at radius 2 is 1.65 bits per heavy atom. The van der Waals surface area contributed by atoms with Crippen LogP contribution in [0.4, 0.5) is 5.82 Å². The molecular formula is C32H39N5O3. The summed E-state index contributed by atoms with van der Waals surface area (Å²) in [4.78, 5) is 26.4. The molecule has 0 aliphatic heterocycles. The number of nitrogens with zero attached hydrogens (tertiary/aromatic N) is 3. The van der Waals surface area contributed by atoms with Gasteiger partial charge in [0.2, 0.25) is 11.8 Å². The number of hydrogen-bond donors (Lipinski definition) is 3. The first-order chi connectivity index (χ1) is 19.0. The molecule has 2 fully saturated rings. The van der Waals surface area contributed by atoms with Crippen molar-refractivity contribution >= 4 is 17.6 Å². The summed E-state index contributed by atoms with van der Waals surface area (Å²) < 4.78 is 0. The van der Waals surface area contributed by atoms with Gasteiger partial charge in [-0.2, -0.15) is 0 Å². The fourth-order valence-electron chi connectivity index (χ4n) is 6.42. The Kier molecular flexibility index (Phi) is 7.75. The minimum atomic E-state index is -0.717. The molecule has 0 bridgehead atoms. The molecule has 2 aliphatic carbocycles. The number of amides is 2. The molecule has 0 unspecified atom stereocenters. The highest BCUT2D eigenvalue weighted by Crippen LogP contribution is 2.46. The maximum absolute atomic E-state index is 12.9. The topological polar surface area (TPSA) is 121 Å². The van der Waals surface area contributed by atoms with E-state index in [0.717, 1.165) is 53.6 Å². The number of nitrogens with two attached hydrogens (primary N) is 1. The van der Waals surface area contributed by atoms with E-state index < -0.39 is 11.1 Å². The second-order valence-electron chi connectivity index (χ2n) is 12.0. The summed E-state index contributed by atoms with van der Waals surface area (Å²) in [6.45, 7) is 3.41. The molecule has 8 heteroatoms. The first-order valence-corrected chi connectivity index (χ1v) is 14.1. The van der Waals surface area contributed by atoms with E-state index in [0.29, 0.717) is 31.0 Å². The maximum Gasteiger partial charge on any atom is 0.225 e. The third-order valence-electron chi connectivity index (χ3n) is 8.61. The molecule has 2 saturated carbocycles. The van der Waals surface area contributed by atoms with Crippen LogP contribution >= 0.6 is 0 Å². The Morgan fingerprint density at radius 3 is 2.25 bits per heavy atom. The van der Waals surface area contributed by atoms with Gasteiger partial charge < -0.3 is 21.1 Å². The summed E-state index contributed by atoms with van der Waals surface area (Å²) in [5, 5.41) is 22.1. The van der Waals surface area contributed by atoms with Crippen LogP contribution in [0.15, 0.2) is 60.7 Å². The molecule has 3 aromatic rings. The van der Waals surface area contributed by atoms with E-state index in [9.17, 15) is 14.7 Å². The average molecular weight is 542 g/mol. The Balaban J connectivity index is 1.30. The lowest BCUT2D eigenvalue weighted by molar-refractivity contribution is -0.130. The summed E-state index contributed by atoms with van der Waals surface area (Å²) in [6.07, 6.45) is 5.17. The molecule has 2 aromatic carbocycles. The highest BCUT2D eigenvalue weighted by atomic mass is 16.3. The first-order valence-electron chi connectivity index (χ1n) is 14.1. The van der Waals surface area contributed by atoms with Crippen molar-refractivity contribution in [2.45, 2.75) is 76.0 Å². The lowest BCUT2D eigenvalue weighted by Gasteiger charge is -2.49. The zero-order chi connectivity index (χ0) is 28.5. The van der Waals surface area contributed by atoms with E-state index in [4.69, 9.17) is 5.73 Å². The molecule has 210 valence electrons. The Bertz CT molecular complexity index is 1360. The van der Waals surface area contributed by atoms with Crippen molar-refractivity contribution in [2.24, 2.45) is 11.7 Å². The van der Waals surface area contributed by atoms with Crippen molar-refractivity contribution in [3.05, 3.63) is 66.2 Å². The standard InChI is InChI=1S/C32H39N5O3/c1-21(38)37(3)26-15-9-22(10-16-26)17-29(39)34-28-18-27(23-7-5-4-6-8-23)30(36-35-28)24-11-13-25(14-12-24)32(33)19-31(2,40)20-32/h4-8,11-14,18,22,26,40H,9-10,15-17,19-20,33H2,1-3H3,(H,34,35,39)/t22?,26?,31-,32-. The minimum absolute atomic E-state index is 0.0709. The van der Waals surface area contributed by atoms with Gasteiger partial charge in [0.25, 0.3) is 0 Å². The fraction of sp³-hybridized carbons (Fsp3) is 0.438. The van der Waals surface area contributed by atoms with Crippen molar-refractivity contribution in [2.75, 3.05) is 12.4 Å².